The van der Waals surface area contributed by atoms with Gasteiger partial charge in [0.25, 0.3) is 0 Å². The minimum Gasteiger partial charge on any atom is -0.381 e. The molecule has 0 spiro atoms. The van der Waals surface area contributed by atoms with Crippen molar-refractivity contribution >= 4 is 57.0 Å². The Kier molecular flexibility index (Phi) is 4.21. The van der Waals surface area contributed by atoms with Gasteiger partial charge in [-0.15, -0.1) is 0 Å². The van der Waals surface area contributed by atoms with Crippen LogP contribution < -0.4 is 11.1 Å². The molecule has 0 bridgehead atoms. The third kappa shape index (κ3) is 2.89. The Morgan fingerprint density at radius 3 is 2.78 bits per heavy atom. The monoisotopic (exact) mass is 369 g/mol. The van der Waals surface area contributed by atoms with Crippen molar-refractivity contribution in [2.24, 2.45) is 15.7 Å². The van der Waals surface area contributed by atoms with Crippen molar-refractivity contribution in [1.82, 2.24) is 4.98 Å². The zero-order valence-electron chi connectivity index (χ0n) is 13.0. The number of pyridine rings is 1. The van der Waals surface area contributed by atoms with Crippen LogP contribution in [0.2, 0.25) is 5.15 Å². The van der Waals surface area contributed by atoms with Crippen LogP contribution >= 0.6 is 35.4 Å². The molecule has 2 unspecified atom stereocenters. The number of amidine groups is 1. The van der Waals surface area contributed by atoms with E-state index in [4.69, 9.17) is 41.2 Å². The number of fused-ring (bicyclic) bond motifs is 1. The van der Waals surface area contributed by atoms with E-state index >= 15 is 0 Å². The van der Waals surface area contributed by atoms with E-state index in [1.165, 1.54) is 0 Å². The summed E-state index contributed by atoms with van der Waals surface area (Å²) in [7, 11) is 0. The van der Waals surface area contributed by atoms with Gasteiger partial charge >= 0.3 is 0 Å². The van der Waals surface area contributed by atoms with E-state index in [1.807, 2.05) is 6.92 Å². The zero-order chi connectivity index (χ0) is 16.9. The molecule has 3 N–H and O–H groups in total. The highest BCUT2D eigenvalue weighted by atomic mass is 35.5. The molecule has 0 saturated heterocycles. The Balaban J connectivity index is 2.02. The summed E-state index contributed by atoms with van der Waals surface area (Å²) in [6, 6.07) is 2.05. The number of nitrogens with two attached hydrogens (primary N) is 1. The van der Waals surface area contributed by atoms with Crippen molar-refractivity contribution in [2.45, 2.75) is 38.3 Å². The first-order valence-electron chi connectivity index (χ1n) is 7.27. The van der Waals surface area contributed by atoms with Crippen molar-refractivity contribution in [3.63, 3.8) is 0 Å². The van der Waals surface area contributed by atoms with Gasteiger partial charge in [0, 0.05) is 12.0 Å². The molecule has 8 heteroatoms. The molecule has 1 aromatic rings. The Bertz CT molecular complexity index is 756. The number of nitrogens with one attached hydrogen (secondary N) is 1. The van der Waals surface area contributed by atoms with E-state index in [9.17, 15) is 0 Å². The van der Waals surface area contributed by atoms with E-state index in [0.29, 0.717) is 15.9 Å². The number of thiocarbonyl (C=S) groups is 1. The highest BCUT2D eigenvalue weighted by Gasteiger charge is 2.33. The van der Waals surface area contributed by atoms with Crippen molar-refractivity contribution in [3.05, 3.63) is 22.5 Å². The maximum atomic E-state index is 6.34. The largest absolute Gasteiger partial charge is 0.381 e. The number of aromatic nitrogens is 1. The fourth-order valence-electron chi connectivity index (χ4n) is 2.71. The van der Waals surface area contributed by atoms with Crippen LogP contribution in [-0.2, 0) is 5.41 Å². The third-order valence-corrected chi connectivity index (χ3v) is 5.33. The molecule has 0 amide bonds. The molecule has 0 radical (unpaired) electrons. The number of aliphatic imine (C=N–C) groups is 2. The molecule has 0 aromatic carbocycles. The summed E-state index contributed by atoms with van der Waals surface area (Å²) >= 11 is 17.5. The number of rotatable bonds is 2. The van der Waals surface area contributed by atoms with Gasteiger partial charge in [-0.3, -0.25) is 0 Å². The molecule has 2 aliphatic rings. The molecule has 0 aliphatic carbocycles. The summed E-state index contributed by atoms with van der Waals surface area (Å²) in [5.41, 5.74) is 8.71. The average molecular weight is 370 g/mol. The fourth-order valence-corrected chi connectivity index (χ4v) is 3.27. The minimum atomic E-state index is -0.643. The first kappa shape index (κ1) is 16.8. The lowest BCUT2D eigenvalue weighted by Gasteiger charge is -2.21. The summed E-state index contributed by atoms with van der Waals surface area (Å²) in [5.74, 6) is 0.334. The lowest BCUT2D eigenvalue weighted by atomic mass is 9.86. The second-order valence-electron chi connectivity index (χ2n) is 6.42. The smallest absolute Gasteiger partial charge is 0.152 e. The number of hydrogen-bond acceptors (Lipinski definition) is 6. The second kappa shape index (κ2) is 5.77. The fraction of sp³-hybridized carbons (Fsp3) is 0.467. The van der Waals surface area contributed by atoms with Gasteiger partial charge in [-0.05, 0) is 18.6 Å². The van der Waals surface area contributed by atoms with Gasteiger partial charge in [-0.2, -0.15) is 0 Å². The second-order valence-corrected chi connectivity index (χ2v) is 7.57. The van der Waals surface area contributed by atoms with Gasteiger partial charge < -0.3 is 11.1 Å². The predicted molar refractivity (Wildman–Crippen MR) is 100 cm³/mol. The van der Waals surface area contributed by atoms with Crippen LogP contribution in [0.5, 0.6) is 0 Å². The number of nitrogens with zero attached hydrogens (tertiary/aromatic N) is 3. The lowest BCUT2D eigenvalue weighted by molar-refractivity contribution is 0.585. The SMILES string of the molecule is CC(C1=NC(N)C(=S)C(Cl)=N1)c1cc2c(c(Cl)n1)NCC2(C)C. The molecule has 5 nitrogen and oxygen atoms in total. The quantitative estimate of drug-likeness (QED) is 0.619. The summed E-state index contributed by atoms with van der Waals surface area (Å²) < 4.78 is 0. The average Bonchev–Trinajstić information content (AvgIpc) is 2.79. The van der Waals surface area contributed by atoms with Gasteiger partial charge in [0.05, 0.1) is 22.2 Å². The molecule has 2 atom stereocenters. The van der Waals surface area contributed by atoms with Crippen LogP contribution in [-0.4, -0.2) is 33.6 Å². The number of anilines is 1. The van der Waals surface area contributed by atoms with Crippen molar-refractivity contribution < 1.29 is 0 Å². The van der Waals surface area contributed by atoms with Crippen molar-refractivity contribution in [1.29, 1.82) is 0 Å². The minimum absolute atomic E-state index is 0.0103. The van der Waals surface area contributed by atoms with Gasteiger partial charge in [-0.25, -0.2) is 15.0 Å². The van der Waals surface area contributed by atoms with Gasteiger partial charge in [-0.1, -0.05) is 49.3 Å². The van der Waals surface area contributed by atoms with Crippen LogP contribution in [0.15, 0.2) is 16.1 Å². The molecule has 1 aromatic heterocycles. The highest BCUT2D eigenvalue weighted by Crippen LogP contribution is 2.41. The van der Waals surface area contributed by atoms with E-state index < -0.39 is 6.17 Å². The standard InChI is InChI=1S/C15H17Cl2N5S/c1-6(14-21-12(17)10(23)13(18)22-14)8-4-7-9(11(16)20-8)19-5-15(7,2)3/h4,6,13,19H,5,18H2,1-3H3. The lowest BCUT2D eigenvalue weighted by Crippen LogP contribution is -2.36. The van der Waals surface area contributed by atoms with E-state index in [1.54, 1.807) is 0 Å². The molecule has 23 heavy (non-hydrogen) atoms. The Morgan fingerprint density at radius 2 is 2.13 bits per heavy atom. The van der Waals surface area contributed by atoms with Gasteiger partial charge in [0.1, 0.15) is 17.2 Å². The van der Waals surface area contributed by atoms with Crippen LogP contribution in [0.25, 0.3) is 0 Å². The summed E-state index contributed by atoms with van der Waals surface area (Å²) in [6.07, 6.45) is -0.643. The van der Waals surface area contributed by atoms with Crippen molar-refractivity contribution in [3.8, 4) is 0 Å². The van der Waals surface area contributed by atoms with Crippen LogP contribution in [0, 0.1) is 0 Å². The summed E-state index contributed by atoms with van der Waals surface area (Å²) in [4.78, 5) is 13.4. The first-order chi connectivity index (χ1) is 10.7. The van der Waals surface area contributed by atoms with Gasteiger partial charge in [0.2, 0.25) is 0 Å². The third-order valence-electron chi connectivity index (χ3n) is 4.22. The topological polar surface area (TPSA) is 75.7 Å². The number of hydrogen-bond donors (Lipinski definition) is 2. The summed E-state index contributed by atoms with van der Waals surface area (Å²) in [6.45, 7) is 7.11. The van der Waals surface area contributed by atoms with Crippen LogP contribution in [0.3, 0.4) is 0 Å². The van der Waals surface area contributed by atoms with E-state index in [0.717, 1.165) is 23.5 Å². The predicted octanol–water partition coefficient (Wildman–Crippen LogP) is 3.25. The van der Waals surface area contributed by atoms with E-state index in [-0.39, 0.29) is 16.5 Å². The molecular weight excluding hydrogens is 353 g/mol. The van der Waals surface area contributed by atoms with Crippen LogP contribution in [0.1, 0.15) is 37.9 Å². The maximum Gasteiger partial charge on any atom is 0.152 e. The first-order valence-corrected chi connectivity index (χ1v) is 8.43. The molecule has 0 saturated carbocycles. The molecular formula is C15H17Cl2N5S. The Hall–Kier alpha value is -1.08. The highest BCUT2D eigenvalue weighted by molar-refractivity contribution is 7.82. The molecule has 3 heterocycles. The molecule has 122 valence electrons. The van der Waals surface area contributed by atoms with Crippen LogP contribution in [0.4, 0.5) is 5.69 Å². The number of halogens is 2. The Labute approximate surface area is 150 Å². The zero-order valence-corrected chi connectivity index (χ0v) is 15.4. The van der Waals surface area contributed by atoms with E-state index in [2.05, 4.69) is 40.2 Å². The van der Waals surface area contributed by atoms with Gasteiger partial charge in [0.15, 0.2) is 5.15 Å². The normalized spacial score (nSPS) is 23.7. The Morgan fingerprint density at radius 1 is 1.43 bits per heavy atom. The van der Waals surface area contributed by atoms with Crippen molar-refractivity contribution in [2.75, 3.05) is 11.9 Å². The molecule has 2 aliphatic heterocycles. The molecule has 0 fully saturated rings. The summed E-state index contributed by atoms with van der Waals surface area (Å²) in [5, 5.41) is 3.99. The maximum absolute atomic E-state index is 6.34. The molecule has 3 rings (SSSR count).